The second-order valence-electron chi connectivity index (χ2n) is 7.81. The minimum atomic E-state index is -5.08. The first-order valence-electron chi connectivity index (χ1n) is 10.8. The quantitative estimate of drug-likeness (QED) is 0.249. The maximum atomic E-state index is 14.6. The van der Waals surface area contributed by atoms with Gasteiger partial charge in [-0.3, -0.25) is 5.10 Å². The van der Waals surface area contributed by atoms with Crippen LogP contribution in [0.4, 0.5) is 40.7 Å². The molecular formula is C24H19F4N7O3. The maximum absolute atomic E-state index is 14.6. The van der Waals surface area contributed by atoms with Crippen LogP contribution in [-0.2, 0) is 4.79 Å². The van der Waals surface area contributed by atoms with Gasteiger partial charge in [-0.05, 0) is 31.2 Å². The van der Waals surface area contributed by atoms with Crippen LogP contribution in [0.25, 0.3) is 22.2 Å². The van der Waals surface area contributed by atoms with Crippen LogP contribution in [0.2, 0.25) is 0 Å². The predicted molar refractivity (Wildman–Crippen MR) is 130 cm³/mol. The molecule has 0 radical (unpaired) electrons. The number of aliphatic carboxylic acids is 1. The van der Waals surface area contributed by atoms with Gasteiger partial charge in [0.05, 0.1) is 29.3 Å². The molecule has 3 N–H and O–H groups in total. The van der Waals surface area contributed by atoms with Gasteiger partial charge < -0.3 is 19.7 Å². The molecule has 0 aliphatic rings. The summed E-state index contributed by atoms with van der Waals surface area (Å²) in [6, 6.07) is 13.3. The summed E-state index contributed by atoms with van der Waals surface area (Å²) in [6.07, 6.45) is -0.811. The molecule has 10 nitrogen and oxygen atoms in total. The van der Waals surface area contributed by atoms with Gasteiger partial charge in [0.1, 0.15) is 0 Å². The number of hydrogen-bond acceptors (Lipinski definition) is 8. The summed E-state index contributed by atoms with van der Waals surface area (Å²) in [7, 11) is 1.75. The summed E-state index contributed by atoms with van der Waals surface area (Å²) in [5.41, 5.74) is 4.04. The van der Waals surface area contributed by atoms with Crippen molar-refractivity contribution in [1.82, 2.24) is 25.1 Å². The Hall–Kier alpha value is -5.01. The number of nitrogens with one attached hydrogen (secondary N) is 2. The number of carboxylic acids is 1. The number of H-pyrrole nitrogens is 1. The molecule has 0 unspecified atom stereocenters. The molecule has 5 aromatic rings. The Morgan fingerprint density at radius 1 is 1.13 bits per heavy atom. The number of aryl methyl sites for hydroxylation is 1. The van der Waals surface area contributed by atoms with Gasteiger partial charge in [0.2, 0.25) is 5.95 Å². The smallest absolute Gasteiger partial charge is 0.475 e. The summed E-state index contributed by atoms with van der Waals surface area (Å²) >= 11 is 0. The van der Waals surface area contributed by atoms with Gasteiger partial charge in [-0.2, -0.15) is 23.3 Å². The number of hydrogen-bond donors (Lipinski definition) is 3. The molecule has 196 valence electrons. The van der Waals surface area contributed by atoms with Crippen molar-refractivity contribution in [2.75, 3.05) is 17.3 Å². The molecule has 0 saturated carbocycles. The summed E-state index contributed by atoms with van der Waals surface area (Å²) in [5, 5.41) is 18.1. The molecule has 0 aliphatic carbocycles. The zero-order chi connectivity index (χ0) is 27.4. The SMILES string of the molecule is Cc1ncoc1-c1cccc(Nc2ncc(F)c(N(C)c3cccc4[nH]ncc34)n2)c1.O=C(O)C(F)(F)F. The molecular weight excluding hydrogens is 510 g/mol. The van der Waals surface area contributed by atoms with Gasteiger partial charge >= 0.3 is 12.1 Å². The first-order chi connectivity index (χ1) is 18.0. The van der Waals surface area contributed by atoms with E-state index in [0.717, 1.165) is 39.7 Å². The van der Waals surface area contributed by atoms with E-state index in [1.165, 1.54) is 6.39 Å². The average molecular weight is 529 g/mol. The number of benzene rings is 2. The van der Waals surface area contributed by atoms with E-state index >= 15 is 0 Å². The Balaban J connectivity index is 0.000000426. The van der Waals surface area contributed by atoms with Gasteiger partial charge in [0, 0.05) is 23.7 Å². The zero-order valence-electron chi connectivity index (χ0n) is 19.8. The maximum Gasteiger partial charge on any atom is 0.490 e. The molecule has 14 heteroatoms. The van der Waals surface area contributed by atoms with Gasteiger partial charge in [-0.15, -0.1) is 0 Å². The summed E-state index contributed by atoms with van der Waals surface area (Å²) in [4.78, 5) is 23.2. The number of rotatable bonds is 5. The molecule has 38 heavy (non-hydrogen) atoms. The number of nitrogens with zero attached hydrogens (tertiary/aromatic N) is 5. The Kier molecular flexibility index (Phi) is 7.23. The molecule has 0 saturated heterocycles. The molecule has 0 atom stereocenters. The van der Waals surface area contributed by atoms with E-state index in [2.05, 4.69) is 30.5 Å². The van der Waals surface area contributed by atoms with E-state index in [0.29, 0.717) is 5.76 Å². The third-order valence-electron chi connectivity index (χ3n) is 5.24. The molecule has 0 bridgehead atoms. The number of halogens is 4. The van der Waals surface area contributed by atoms with Crippen LogP contribution in [0, 0.1) is 12.7 Å². The highest BCUT2D eigenvalue weighted by atomic mass is 19.4. The molecule has 5 rings (SSSR count). The molecule has 3 aromatic heterocycles. The van der Waals surface area contributed by atoms with Crippen LogP contribution in [0.5, 0.6) is 0 Å². The van der Waals surface area contributed by atoms with Crippen LogP contribution in [0.15, 0.2) is 65.7 Å². The molecule has 0 spiro atoms. The van der Waals surface area contributed by atoms with E-state index in [4.69, 9.17) is 14.3 Å². The molecule has 3 heterocycles. The highest BCUT2D eigenvalue weighted by Gasteiger charge is 2.38. The largest absolute Gasteiger partial charge is 0.490 e. The van der Waals surface area contributed by atoms with Gasteiger partial charge in [0.15, 0.2) is 23.8 Å². The minimum absolute atomic E-state index is 0.147. The van der Waals surface area contributed by atoms with Crippen molar-refractivity contribution in [2.45, 2.75) is 13.1 Å². The van der Waals surface area contributed by atoms with Crippen LogP contribution >= 0.6 is 0 Å². The Morgan fingerprint density at radius 3 is 2.55 bits per heavy atom. The Bertz CT molecular complexity index is 1580. The Labute approximate surface area is 212 Å². The number of alkyl halides is 3. The second-order valence-corrected chi connectivity index (χ2v) is 7.81. The lowest BCUT2D eigenvalue weighted by atomic mass is 10.1. The van der Waals surface area contributed by atoms with Crippen molar-refractivity contribution >= 4 is 40.0 Å². The average Bonchev–Trinajstić information content (AvgIpc) is 3.53. The van der Waals surface area contributed by atoms with Crippen molar-refractivity contribution in [3.8, 4) is 11.3 Å². The summed E-state index contributed by atoms with van der Waals surface area (Å²) in [6.45, 7) is 1.88. The van der Waals surface area contributed by atoms with Crippen molar-refractivity contribution in [1.29, 1.82) is 0 Å². The number of aromatic amines is 1. The standard InChI is InChI=1S/C22H18FN7O.C2HF3O2/c1-13-20(31-12-25-13)14-5-3-6-15(9-14)27-22-24-11-17(23)21(28-22)30(2)19-8-4-7-18-16(19)10-26-29-18;3-2(4,5)1(6)7/h3-12H,1-2H3,(H,26,29)(H,24,27,28);(H,6,7). The number of fused-ring (bicyclic) bond motifs is 1. The number of carbonyl (C=O) groups is 1. The van der Waals surface area contributed by atoms with Crippen LogP contribution < -0.4 is 10.2 Å². The molecule has 2 aromatic carbocycles. The lowest BCUT2D eigenvalue weighted by molar-refractivity contribution is -0.192. The van der Waals surface area contributed by atoms with Gasteiger partial charge in [-0.1, -0.05) is 18.2 Å². The fraction of sp³-hybridized carbons (Fsp3) is 0.125. The number of oxazole rings is 1. The summed E-state index contributed by atoms with van der Waals surface area (Å²) in [5.74, 6) is -2.17. The molecule has 0 amide bonds. The van der Waals surface area contributed by atoms with E-state index in [1.807, 2.05) is 49.4 Å². The van der Waals surface area contributed by atoms with Crippen LogP contribution in [0.3, 0.4) is 0 Å². The highest BCUT2D eigenvalue weighted by Crippen LogP contribution is 2.31. The molecule has 0 fully saturated rings. The highest BCUT2D eigenvalue weighted by molar-refractivity contribution is 5.93. The van der Waals surface area contributed by atoms with E-state index < -0.39 is 18.0 Å². The normalized spacial score (nSPS) is 11.1. The predicted octanol–water partition coefficient (Wildman–Crippen LogP) is 5.60. The fourth-order valence-corrected chi connectivity index (χ4v) is 3.46. The minimum Gasteiger partial charge on any atom is -0.475 e. The van der Waals surface area contributed by atoms with Crippen molar-refractivity contribution in [3.63, 3.8) is 0 Å². The number of aromatic nitrogens is 5. The Morgan fingerprint density at radius 2 is 1.87 bits per heavy atom. The first-order valence-corrected chi connectivity index (χ1v) is 10.8. The summed E-state index contributed by atoms with van der Waals surface area (Å²) < 4.78 is 51.8. The lowest BCUT2D eigenvalue weighted by Gasteiger charge is -2.20. The van der Waals surface area contributed by atoms with Crippen molar-refractivity contribution in [2.24, 2.45) is 0 Å². The van der Waals surface area contributed by atoms with Gasteiger partial charge in [0.25, 0.3) is 0 Å². The monoisotopic (exact) mass is 529 g/mol. The van der Waals surface area contributed by atoms with Crippen molar-refractivity contribution < 1.29 is 31.9 Å². The van der Waals surface area contributed by atoms with Crippen molar-refractivity contribution in [3.05, 3.63) is 72.8 Å². The first kappa shape index (κ1) is 26.1. The topological polar surface area (TPSA) is 133 Å². The third kappa shape index (κ3) is 5.69. The third-order valence-corrected chi connectivity index (χ3v) is 5.24. The fourth-order valence-electron chi connectivity index (χ4n) is 3.46. The molecule has 0 aliphatic heterocycles. The van der Waals surface area contributed by atoms with E-state index in [1.54, 1.807) is 18.1 Å². The van der Waals surface area contributed by atoms with Gasteiger partial charge in [-0.25, -0.2) is 19.2 Å². The number of carboxylic acid groups (broad SMARTS) is 1. The van der Waals surface area contributed by atoms with E-state index in [9.17, 15) is 17.6 Å². The second kappa shape index (κ2) is 10.5. The zero-order valence-corrected chi connectivity index (χ0v) is 19.8. The van der Waals surface area contributed by atoms with E-state index in [-0.39, 0.29) is 11.8 Å². The number of anilines is 4. The van der Waals surface area contributed by atoms with Crippen LogP contribution in [-0.4, -0.2) is 49.4 Å². The van der Waals surface area contributed by atoms with Crippen LogP contribution in [0.1, 0.15) is 5.69 Å². The lowest BCUT2D eigenvalue weighted by Crippen LogP contribution is -2.21.